The highest BCUT2D eigenvalue weighted by atomic mass is 35.5. The van der Waals surface area contributed by atoms with Crippen molar-refractivity contribution in [3.8, 4) is 0 Å². The lowest BCUT2D eigenvalue weighted by Gasteiger charge is -2.18. The van der Waals surface area contributed by atoms with Gasteiger partial charge in [-0.25, -0.2) is 19.3 Å². The van der Waals surface area contributed by atoms with Gasteiger partial charge in [-0.15, -0.1) is 0 Å². The van der Waals surface area contributed by atoms with E-state index >= 15 is 0 Å². The third-order valence-corrected chi connectivity index (χ3v) is 4.45. The van der Waals surface area contributed by atoms with E-state index in [1.54, 1.807) is 10.9 Å². The van der Waals surface area contributed by atoms with Crippen LogP contribution in [0.5, 0.6) is 0 Å². The van der Waals surface area contributed by atoms with Crippen LogP contribution in [-0.2, 0) is 16.1 Å². The molecule has 0 bridgehead atoms. The summed E-state index contributed by atoms with van der Waals surface area (Å²) in [5.41, 5.74) is 0.463. The summed E-state index contributed by atoms with van der Waals surface area (Å²) in [6.45, 7) is 0.305. The molecule has 1 saturated heterocycles. The number of alkyl halides is 1. The molecule has 1 aromatic carbocycles. The highest BCUT2D eigenvalue weighted by Gasteiger charge is 2.42. The number of benzene rings is 1. The van der Waals surface area contributed by atoms with Crippen LogP contribution in [0.25, 0.3) is 11.2 Å². The standard InChI is InChI=1S/C17H16ClFN4O2/c18-15-14-16(21-10-20-15)23(11-22-14)13-6-17(19,9-25-13)8-24-7-12-4-2-1-3-5-12/h1-5,10-11,13H,6-9H2/t13-,17-/m0/s1. The Balaban J connectivity index is 1.42. The molecule has 0 unspecified atom stereocenters. The number of ether oxygens (including phenoxy) is 2. The Hall–Kier alpha value is -2.09. The van der Waals surface area contributed by atoms with E-state index < -0.39 is 11.9 Å². The van der Waals surface area contributed by atoms with E-state index in [0.29, 0.717) is 17.8 Å². The third-order valence-electron chi connectivity index (χ3n) is 4.17. The van der Waals surface area contributed by atoms with Crippen LogP contribution in [0.2, 0.25) is 5.15 Å². The van der Waals surface area contributed by atoms with Gasteiger partial charge in [0.25, 0.3) is 0 Å². The number of halogens is 2. The molecule has 0 saturated carbocycles. The Morgan fingerprint density at radius 3 is 2.96 bits per heavy atom. The van der Waals surface area contributed by atoms with E-state index in [1.165, 1.54) is 6.33 Å². The van der Waals surface area contributed by atoms with Crippen molar-refractivity contribution in [2.75, 3.05) is 13.2 Å². The quantitative estimate of drug-likeness (QED) is 0.651. The van der Waals surface area contributed by atoms with Gasteiger partial charge in [0, 0.05) is 6.42 Å². The summed E-state index contributed by atoms with van der Waals surface area (Å²) >= 11 is 6.00. The van der Waals surface area contributed by atoms with Crippen molar-refractivity contribution in [2.24, 2.45) is 0 Å². The summed E-state index contributed by atoms with van der Waals surface area (Å²) in [5, 5.41) is 0.263. The van der Waals surface area contributed by atoms with Crippen molar-refractivity contribution in [3.63, 3.8) is 0 Å². The molecule has 0 aliphatic carbocycles. The Labute approximate surface area is 148 Å². The van der Waals surface area contributed by atoms with E-state index in [2.05, 4.69) is 15.0 Å². The topological polar surface area (TPSA) is 62.1 Å². The second-order valence-corrected chi connectivity index (χ2v) is 6.45. The predicted octanol–water partition coefficient (Wildman–Crippen LogP) is 3.32. The number of imidazole rings is 1. The molecule has 1 fully saturated rings. The van der Waals surface area contributed by atoms with E-state index in [-0.39, 0.29) is 24.8 Å². The lowest BCUT2D eigenvalue weighted by atomic mass is 10.1. The second kappa shape index (κ2) is 6.67. The summed E-state index contributed by atoms with van der Waals surface area (Å²) in [4.78, 5) is 12.2. The normalized spacial score (nSPS) is 23.4. The fraction of sp³-hybridized carbons (Fsp3) is 0.353. The fourth-order valence-electron chi connectivity index (χ4n) is 2.92. The predicted molar refractivity (Wildman–Crippen MR) is 89.9 cm³/mol. The van der Waals surface area contributed by atoms with E-state index in [0.717, 1.165) is 5.56 Å². The maximum Gasteiger partial charge on any atom is 0.166 e. The monoisotopic (exact) mass is 362 g/mol. The van der Waals surface area contributed by atoms with E-state index in [9.17, 15) is 4.39 Å². The van der Waals surface area contributed by atoms with Gasteiger partial charge in [0.05, 0.1) is 26.1 Å². The third kappa shape index (κ3) is 3.35. The Morgan fingerprint density at radius 1 is 1.28 bits per heavy atom. The van der Waals surface area contributed by atoms with Crippen molar-refractivity contribution in [1.29, 1.82) is 0 Å². The number of fused-ring (bicyclic) bond motifs is 1. The average Bonchev–Trinajstić information content (AvgIpc) is 3.21. The molecule has 130 valence electrons. The minimum atomic E-state index is -1.55. The fourth-order valence-corrected chi connectivity index (χ4v) is 3.09. The number of aromatic nitrogens is 4. The molecule has 3 heterocycles. The lowest BCUT2D eigenvalue weighted by molar-refractivity contribution is -0.00391. The summed E-state index contributed by atoms with van der Waals surface area (Å²) < 4.78 is 27.9. The number of hydrogen-bond donors (Lipinski definition) is 0. The Morgan fingerprint density at radius 2 is 2.12 bits per heavy atom. The van der Waals surface area contributed by atoms with Crippen molar-refractivity contribution in [3.05, 3.63) is 53.7 Å². The zero-order valence-corrected chi connectivity index (χ0v) is 14.1. The summed E-state index contributed by atoms with van der Waals surface area (Å²) in [5.74, 6) is 0. The first-order valence-corrected chi connectivity index (χ1v) is 8.28. The molecule has 25 heavy (non-hydrogen) atoms. The van der Waals surface area contributed by atoms with Crippen molar-refractivity contribution < 1.29 is 13.9 Å². The van der Waals surface area contributed by atoms with Crippen LogP contribution in [0.15, 0.2) is 43.0 Å². The van der Waals surface area contributed by atoms with Crippen LogP contribution in [0.3, 0.4) is 0 Å². The van der Waals surface area contributed by atoms with Crippen molar-refractivity contribution >= 4 is 22.8 Å². The first kappa shape index (κ1) is 16.4. The van der Waals surface area contributed by atoms with E-state index in [1.807, 2.05) is 30.3 Å². The molecule has 2 atom stereocenters. The summed E-state index contributed by atoms with van der Waals surface area (Å²) in [7, 11) is 0. The van der Waals surface area contributed by atoms with Crippen LogP contribution < -0.4 is 0 Å². The first-order valence-electron chi connectivity index (χ1n) is 7.90. The van der Waals surface area contributed by atoms with Crippen LogP contribution in [0.4, 0.5) is 4.39 Å². The molecule has 4 rings (SSSR count). The molecule has 1 aliphatic rings. The van der Waals surface area contributed by atoms with Gasteiger partial charge >= 0.3 is 0 Å². The molecule has 2 aromatic heterocycles. The zero-order chi connectivity index (χ0) is 17.3. The highest BCUT2D eigenvalue weighted by molar-refractivity contribution is 6.33. The average molecular weight is 363 g/mol. The minimum Gasteiger partial charge on any atom is -0.373 e. The zero-order valence-electron chi connectivity index (χ0n) is 13.3. The maximum absolute atomic E-state index is 15.0. The lowest BCUT2D eigenvalue weighted by Crippen LogP contribution is -2.29. The van der Waals surface area contributed by atoms with Gasteiger partial charge in [0.15, 0.2) is 16.5 Å². The van der Waals surface area contributed by atoms with Crippen LogP contribution in [0, 0.1) is 0 Å². The van der Waals surface area contributed by atoms with Crippen LogP contribution >= 0.6 is 11.6 Å². The number of rotatable bonds is 5. The number of hydrogen-bond acceptors (Lipinski definition) is 5. The van der Waals surface area contributed by atoms with Crippen molar-refractivity contribution in [1.82, 2.24) is 19.5 Å². The number of nitrogens with zero attached hydrogens (tertiary/aromatic N) is 4. The SMILES string of the molecule is F[C@@]1(COCc2ccccc2)CO[C@H](n2cnc3c(Cl)ncnc32)C1. The molecule has 3 aromatic rings. The first-order chi connectivity index (χ1) is 12.1. The largest absolute Gasteiger partial charge is 0.373 e. The van der Waals surface area contributed by atoms with Gasteiger partial charge in [0.1, 0.15) is 18.1 Å². The van der Waals surface area contributed by atoms with Crippen LogP contribution in [-0.4, -0.2) is 38.4 Å². The van der Waals surface area contributed by atoms with Gasteiger partial charge in [-0.05, 0) is 5.56 Å². The van der Waals surface area contributed by atoms with Gasteiger partial charge < -0.3 is 9.47 Å². The Bertz CT molecular complexity index is 875. The molecule has 1 aliphatic heterocycles. The summed E-state index contributed by atoms with van der Waals surface area (Å²) in [6, 6.07) is 9.67. The molecule has 0 amide bonds. The van der Waals surface area contributed by atoms with Crippen molar-refractivity contribution in [2.45, 2.75) is 24.9 Å². The second-order valence-electron chi connectivity index (χ2n) is 6.09. The Kier molecular flexibility index (Phi) is 4.37. The molecule has 0 radical (unpaired) electrons. The maximum atomic E-state index is 15.0. The van der Waals surface area contributed by atoms with Gasteiger partial charge in [0.2, 0.25) is 0 Å². The van der Waals surface area contributed by atoms with Gasteiger partial charge in [-0.2, -0.15) is 0 Å². The van der Waals surface area contributed by atoms with Gasteiger partial charge in [-0.1, -0.05) is 41.9 Å². The molecule has 6 nitrogen and oxygen atoms in total. The van der Waals surface area contributed by atoms with E-state index in [4.69, 9.17) is 21.1 Å². The molecule has 0 N–H and O–H groups in total. The summed E-state index contributed by atoms with van der Waals surface area (Å²) in [6.07, 6.45) is 2.56. The molecular weight excluding hydrogens is 347 g/mol. The molecule has 8 heteroatoms. The molecular formula is C17H16ClFN4O2. The van der Waals surface area contributed by atoms with Gasteiger partial charge in [-0.3, -0.25) is 4.57 Å². The smallest absolute Gasteiger partial charge is 0.166 e. The van der Waals surface area contributed by atoms with Crippen LogP contribution in [0.1, 0.15) is 18.2 Å². The highest BCUT2D eigenvalue weighted by Crippen LogP contribution is 2.36. The minimum absolute atomic E-state index is 0.0270. The molecule has 0 spiro atoms.